The summed E-state index contributed by atoms with van der Waals surface area (Å²) in [4.78, 5) is 2.52. The van der Waals surface area contributed by atoms with E-state index < -0.39 is 0 Å². The summed E-state index contributed by atoms with van der Waals surface area (Å²) in [6, 6.07) is 0.651. The first kappa shape index (κ1) is 15.7. The summed E-state index contributed by atoms with van der Waals surface area (Å²) >= 11 is 5.26. The van der Waals surface area contributed by atoms with Crippen LogP contribution in [0.3, 0.4) is 0 Å². The zero-order valence-corrected chi connectivity index (χ0v) is 12.5. The van der Waals surface area contributed by atoms with Gasteiger partial charge in [-0.25, -0.2) is 0 Å². The molecule has 0 bridgehead atoms. The van der Waals surface area contributed by atoms with Crippen molar-refractivity contribution in [3.63, 3.8) is 0 Å². The van der Waals surface area contributed by atoms with Gasteiger partial charge >= 0.3 is 0 Å². The predicted molar refractivity (Wildman–Crippen MR) is 80.0 cm³/mol. The maximum absolute atomic E-state index is 5.27. The summed E-state index contributed by atoms with van der Waals surface area (Å²) in [7, 11) is 0. The highest BCUT2D eigenvalue weighted by Gasteiger charge is 2.22. The largest absolute Gasteiger partial charge is 0.382 e. The minimum atomic E-state index is 0.651. The minimum Gasteiger partial charge on any atom is -0.382 e. The Morgan fingerprint density at radius 1 is 1.39 bits per heavy atom. The van der Waals surface area contributed by atoms with Crippen molar-refractivity contribution in [1.29, 1.82) is 0 Å². The molecule has 0 spiro atoms. The van der Waals surface area contributed by atoms with Crippen molar-refractivity contribution in [3.8, 4) is 0 Å². The molecule has 0 amide bonds. The first-order valence-corrected chi connectivity index (χ1v) is 7.52. The third kappa shape index (κ3) is 5.98. The van der Waals surface area contributed by atoms with Gasteiger partial charge in [0.2, 0.25) is 0 Å². The fourth-order valence-corrected chi connectivity index (χ4v) is 2.52. The quantitative estimate of drug-likeness (QED) is 0.516. The van der Waals surface area contributed by atoms with Crippen molar-refractivity contribution in [3.05, 3.63) is 0 Å². The molecule has 0 saturated carbocycles. The van der Waals surface area contributed by atoms with Gasteiger partial charge in [0.15, 0.2) is 5.11 Å². The summed E-state index contributed by atoms with van der Waals surface area (Å²) in [6.07, 6.45) is 3.60. The SMILES string of the molecule is CCOCCCNC(=S)NCC1CCCN1CC. The van der Waals surface area contributed by atoms with Crippen LogP contribution < -0.4 is 10.6 Å². The van der Waals surface area contributed by atoms with Crippen LogP contribution in [-0.4, -0.2) is 55.4 Å². The molecule has 2 N–H and O–H groups in total. The number of ether oxygens (including phenoxy) is 1. The number of hydrogen-bond donors (Lipinski definition) is 2. The molecule has 1 unspecified atom stereocenters. The summed E-state index contributed by atoms with van der Waals surface area (Å²) in [5, 5.41) is 7.31. The highest BCUT2D eigenvalue weighted by Crippen LogP contribution is 2.15. The fourth-order valence-electron chi connectivity index (χ4n) is 2.34. The molecule has 106 valence electrons. The van der Waals surface area contributed by atoms with Gasteiger partial charge in [0, 0.05) is 32.3 Å². The average molecular weight is 273 g/mol. The zero-order chi connectivity index (χ0) is 13.2. The first-order chi connectivity index (χ1) is 8.77. The maximum atomic E-state index is 5.27. The van der Waals surface area contributed by atoms with Crippen LogP contribution in [-0.2, 0) is 4.74 Å². The summed E-state index contributed by atoms with van der Waals surface area (Å²) in [5.41, 5.74) is 0. The van der Waals surface area contributed by atoms with Gasteiger partial charge in [0.25, 0.3) is 0 Å². The molecular formula is C13H27N3OS. The number of thiocarbonyl (C=S) groups is 1. The van der Waals surface area contributed by atoms with Crippen LogP contribution in [0.2, 0.25) is 0 Å². The molecule has 0 aromatic heterocycles. The Bertz CT molecular complexity index is 238. The van der Waals surface area contributed by atoms with Crippen molar-refractivity contribution in [2.75, 3.05) is 39.4 Å². The minimum absolute atomic E-state index is 0.651. The van der Waals surface area contributed by atoms with E-state index >= 15 is 0 Å². The Morgan fingerprint density at radius 3 is 2.94 bits per heavy atom. The maximum Gasteiger partial charge on any atom is 0.166 e. The number of nitrogens with zero attached hydrogens (tertiary/aromatic N) is 1. The molecule has 1 aliphatic heterocycles. The van der Waals surface area contributed by atoms with E-state index in [0.717, 1.165) is 44.4 Å². The van der Waals surface area contributed by atoms with Crippen molar-refractivity contribution in [2.45, 2.75) is 39.2 Å². The molecule has 1 heterocycles. The van der Waals surface area contributed by atoms with E-state index in [4.69, 9.17) is 17.0 Å². The number of nitrogens with one attached hydrogen (secondary N) is 2. The molecule has 1 atom stereocenters. The van der Waals surface area contributed by atoms with Crippen molar-refractivity contribution >= 4 is 17.3 Å². The second kappa shape index (κ2) is 9.53. The van der Waals surface area contributed by atoms with Gasteiger partial charge in [-0.2, -0.15) is 0 Å². The lowest BCUT2D eigenvalue weighted by atomic mass is 10.2. The molecule has 1 aliphatic rings. The molecule has 1 rings (SSSR count). The van der Waals surface area contributed by atoms with E-state index in [-0.39, 0.29) is 0 Å². The molecule has 0 aliphatic carbocycles. The highest BCUT2D eigenvalue weighted by atomic mass is 32.1. The van der Waals surface area contributed by atoms with Crippen LogP contribution in [0.1, 0.15) is 33.1 Å². The molecule has 0 radical (unpaired) electrons. The standard InChI is InChI=1S/C13H27N3OS/c1-3-16-9-5-7-12(16)11-15-13(18)14-8-6-10-17-4-2/h12H,3-11H2,1-2H3,(H2,14,15,18). The average Bonchev–Trinajstić information content (AvgIpc) is 2.83. The molecular weight excluding hydrogens is 246 g/mol. The number of likely N-dealkylation sites (N-methyl/N-ethyl adjacent to an activating group) is 1. The second-order valence-corrected chi connectivity index (χ2v) is 5.02. The number of likely N-dealkylation sites (tertiary alicyclic amines) is 1. The van der Waals surface area contributed by atoms with Crippen LogP contribution in [0.5, 0.6) is 0 Å². The molecule has 4 nitrogen and oxygen atoms in total. The van der Waals surface area contributed by atoms with Crippen LogP contribution in [0.25, 0.3) is 0 Å². The van der Waals surface area contributed by atoms with Gasteiger partial charge in [-0.05, 0) is 51.5 Å². The smallest absolute Gasteiger partial charge is 0.166 e. The summed E-state index contributed by atoms with van der Waals surface area (Å²) in [5.74, 6) is 0. The van der Waals surface area contributed by atoms with E-state index in [1.807, 2.05) is 6.92 Å². The Balaban J connectivity index is 2.02. The van der Waals surface area contributed by atoms with Crippen LogP contribution in [0, 0.1) is 0 Å². The Kier molecular flexibility index (Phi) is 8.29. The van der Waals surface area contributed by atoms with E-state index in [2.05, 4.69) is 22.5 Å². The van der Waals surface area contributed by atoms with Crippen molar-refractivity contribution in [2.24, 2.45) is 0 Å². The molecule has 18 heavy (non-hydrogen) atoms. The Labute approximate surface area is 116 Å². The Morgan fingerprint density at radius 2 is 2.22 bits per heavy atom. The van der Waals surface area contributed by atoms with Crippen LogP contribution >= 0.6 is 12.2 Å². The topological polar surface area (TPSA) is 36.5 Å². The van der Waals surface area contributed by atoms with Gasteiger partial charge < -0.3 is 15.4 Å². The predicted octanol–water partition coefficient (Wildman–Crippen LogP) is 1.36. The van der Waals surface area contributed by atoms with Gasteiger partial charge in [-0.15, -0.1) is 0 Å². The van der Waals surface area contributed by atoms with Crippen molar-refractivity contribution < 1.29 is 4.74 Å². The van der Waals surface area contributed by atoms with E-state index in [1.165, 1.54) is 19.4 Å². The van der Waals surface area contributed by atoms with E-state index in [0.29, 0.717) is 6.04 Å². The number of hydrogen-bond acceptors (Lipinski definition) is 3. The molecule has 0 aromatic carbocycles. The third-order valence-corrected chi connectivity index (χ3v) is 3.65. The van der Waals surface area contributed by atoms with E-state index in [1.54, 1.807) is 0 Å². The first-order valence-electron chi connectivity index (χ1n) is 7.11. The van der Waals surface area contributed by atoms with Gasteiger partial charge in [0.05, 0.1) is 0 Å². The molecule has 1 fully saturated rings. The fraction of sp³-hybridized carbons (Fsp3) is 0.923. The lowest BCUT2D eigenvalue weighted by molar-refractivity contribution is 0.145. The van der Waals surface area contributed by atoms with Crippen molar-refractivity contribution in [1.82, 2.24) is 15.5 Å². The summed E-state index contributed by atoms with van der Waals surface area (Å²) < 4.78 is 5.27. The normalized spacial score (nSPS) is 20.0. The van der Waals surface area contributed by atoms with Crippen LogP contribution in [0.4, 0.5) is 0 Å². The monoisotopic (exact) mass is 273 g/mol. The highest BCUT2D eigenvalue weighted by molar-refractivity contribution is 7.80. The Hall–Kier alpha value is -0.390. The molecule has 5 heteroatoms. The molecule has 0 aromatic rings. The van der Waals surface area contributed by atoms with Gasteiger partial charge in [0.1, 0.15) is 0 Å². The lowest BCUT2D eigenvalue weighted by Crippen LogP contribution is -2.44. The lowest BCUT2D eigenvalue weighted by Gasteiger charge is -2.23. The van der Waals surface area contributed by atoms with E-state index in [9.17, 15) is 0 Å². The van der Waals surface area contributed by atoms with Gasteiger partial charge in [-0.1, -0.05) is 6.92 Å². The number of rotatable bonds is 8. The molecule has 1 saturated heterocycles. The van der Waals surface area contributed by atoms with Gasteiger partial charge in [-0.3, -0.25) is 4.90 Å². The van der Waals surface area contributed by atoms with Crippen LogP contribution in [0.15, 0.2) is 0 Å². The summed E-state index contributed by atoms with van der Waals surface area (Å²) in [6.45, 7) is 10.1. The third-order valence-electron chi connectivity index (χ3n) is 3.36. The second-order valence-electron chi connectivity index (χ2n) is 4.61. The zero-order valence-electron chi connectivity index (χ0n) is 11.7.